The topological polar surface area (TPSA) is 84.9 Å². The zero-order chi connectivity index (χ0) is 27.4. The van der Waals surface area contributed by atoms with Crippen molar-refractivity contribution in [2.75, 3.05) is 13.2 Å². The van der Waals surface area contributed by atoms with E-state index in [4.69, 9.17) is 32.7 Å². The molecule has 198 valence electrons. The van der Waals surface area contributed by atoms with Gasteiger partial charge in [-0.15, -0.1) is 0 Å². The highest BCUT2D eigenvalue weighted by atomic mass is 35.5. The number of rotatable bonds is 8. The largest absolute Gasteiger partial charge is 0.493 e. The van der Waals surface area contributed by atoms with Crippen LogP contribution < -0.4 is 14.8 Å². The summed E-state index contributed by atoms with van der Waals surface area (Å²) in [6, 6.07) is 25.8. The Morgan fingerprint density at radius 1 is 0.923 bits per heavy atom. The van der Waals surface area contributed by atoms with Crippen molar-refractivity contribution in [2.45, 2.75) is 18.8 Å². The van der Waals surface area contributed by atoms with Crippen LogP contribution in [-0.4, -0.2) is 30.1 Å². The molecule has 6 nitrogen and oxygen atoms in total. The molecule has 39 heavy (non-hydrogen) atoms. The third kappa shape index (κ3) is 6.19. The van der Waals surface area contributed by atoms with Crippen LogP contribution >= 0.6 is 23.2 Å². The molecule has 8 heteroatoms. The molecule has 0 spiro atoms. The molecule has 0 aromatic heterocycles. The third-order valence-electron chi connectivity index (χ3n) is 6.59. The van der Waals surface area contributed by atoms with E-state index in [1.807, 2.05) is 48.5 Å². The number of carboxylic acids is 1. The van der Waals surface area contributed by atoms with Crippen LogP contribution in [-0.2, 0) is 11.2 Å². The number of ether oxygens (including phenoxy) is 2. The minimum absolute atomic E-state index is 0.210. The first-order valence-electron chi connectivity index (χ1n) is 12.5. The maximum Gasteiger partial charge on any atom is 0.311 e. The zero-order valence-corrected chi connectivity index (χ0v) is 22.3. The first-order valence-corrected chi connectivity index (χ1v) is 13.2. The number of carbonyl (C=O) groups is 2. The van der Waals surface area contributed by atoms with Gasteiger partial charge in [0, 0.05) is 28.8 Å². The monoisotopic (exact) mass is 561 g/mol. The van der Waals surface area contributed by atoms with E-state index in [2.05, 4.69) is 5.32 Å². The van der Waals surface area contributed by atoms with E-state index >= 15 is 0 Å². The molecule has 0 aliphatic carbocycles. The van der Waals surface area contributed by atoms with Gasteiger partial charge in [0.1, 0.15) is 17.2 Å². The summed E-state index contributed by atoms with van der Waals surface area (Å²) in [7, 11) is 0. The van der Waals surface area contributed by atoms with Crippen molar-refractivity contribution in [3.63, 3.8) is 0 Å². The van der Waals surface area contributed by atoms with Gasteiger partial charge >= 0.3 is 5.97 Å². The van der Waals surface area contributed by atoms with Gasteiger partial charge in [0.2, 0.25) is 0 Å². The Kier molecular flexibility index (Phi) is 8.05. The van der Waals surface area contributed by atoms with E-state index in [1.165, 1.54) is 0 Å². The average molecular weight is 562 g/mol. The van der Waals surface area contributed by atoms with Crippen molar-refractivity contribution in [2.24, 2.45) is 0 Å². The fourth-order valence-electron chi connectivity index (χ4n) is 4.50. The smallest absolute Gasteiger partial charge is 0.311 e. The molecule has 1 unspecified atom stereocenters. The van der Waals surface area contributed by atoms with Crippen LogP contribution in [0.3, 0.4) is 0 Å². The Bertz CT molecular complexity index is 1510. The molecule has 1 aliphatic heterocycles. The van der Waals surface area contributed by atoms with E-state index in [0.29, 0.717) is 59.4 Å². The maximum absolute atomic E-state index is 12.7. The lowest BCUT2D eigenvalue weighted by molar-refractivity contribution is -0.139. The summed E-state index contributed by atoms with van der Waals surface area (Å²) < 4.78 is 11.5. The SMILES string of the molecule is O=C(NCCc1ccc(-c2ccccc2)cc1Cl)c1ccc(Oc2cc3c(cc2Cl)C(C(=O)O)CCO3)cc1. The number of nitrogens with one attached hydrogen (secondary N) is 1. The molecule has 5 rings (SSSR count). The van der Waals surface area contributed by atoms with E-state index in [0.717, 1.165) is 16.7 Å². The Morgan fingerprint density at radius 3 is 2.41 bits per heavy atom. The number of hydrogen-bond acceptors (Lipinski definition) is 4. The summed E-state index contributed by atoms with van der Waals surface area (Å²) >= 11 is 12.9. The summed E-state index contributed by atoms with van der Waals surface area (Å²) in [6.07, 6.45) is 0.985. The van der Waals surface area contributed by atoms with E-state index in [-0.39, 0.29) is 10.9 Å². The van der Waals surface area contributed by atoms with Crippen molar-refractivity contribution in [1.82, 2.24) is 5.32 Å². The van der Waals surface area contributed by atoms with Gasteiger partial charge in [0.05, 0.1) is 17.5 Å². The predicted molar refractivity (Wildman–Crippen MR) is 151 cm³/mol. The number of fused-ring (bicyclic) bond motifs is 1. The second kappa shape index (κ2) is 11.8. The minimum Gasteiger partial charge on any atom is -0.493 e. The maximum atomic E-state index is 12.7. The molecule has 0 saturated carbocycles. The number of carbonyl (C=O) groups excluding carboxylic acids is 1. The highest BCUT2D eigenvalue weighted by Gasteiger charge is 2.29. The zero-order valence-electron chi connectivity index (χ0n) is 20.8. The second-order valence-corrected chi connectivity index (χ2v) is 9.97. The number of hydrogen-bond donors (Lipinski definition) is 2. The highest BCUT2D eigenvalue weighted by Crippen LogP contribution is 2.41. The van der Waals surface area contributed by atoms with Crippen LogP contribution in [0.4, 0.5) is 0 Å². The molecular formula is C31H25Cl2NO5. The number of amides is 1. The van der Waals surface area contributed by atoms with Crippen molar-refractivity contribution in [3.05, 3.63) is 112 Å². The van der Waals surface area contributed by atoms with Crippen LogP contribution in [0.1, 0.15) is 33.8 Å². The second-order valence-electron chi connectivity index (χ2n) is 9.15. The normalized spacial score (nSPS) is 14.2. The number of halogens is 2. The van der Waals surface area contributed by atoms with Crippen molar-refractivity contribution in [1.29, 1.82) is 0 Å². The molecule has 4 aromatic rings. The summed E-state index contributed by atoms with van der Waals surface area (Å²) in [5.41, 5.74) is 4.12. The molecular weight excluding hydrogens is 537 g/mol. The standard InChI is InChI=1S/C31H25Cl2NO5/c32-26-16-22(19-4-2-1-3-5-19)7-6-20(26)12-14-34-30(35)21-8-10-23(11-9-21)39-29-18-28-25(17-27(29)33)24(31(36)37)13-15-38-28/h1-11,16-18,24H,12-15H2,(H,34,35)(H,36,37). The lowest BCUT2D eigenvalue weighted by Crippen LogP contribution is -2.25. The van der Waals surface area contributed by atoms with Crippen LogP contribution in [0.5, 0.6) is 17.2 Å². The number of benzene rings is 4. The summed E-state index contributed by atoms with van der Waals surface area (Å²) in [6.45, 7) is 0.740. The molecule has 0 bridgehead atoms. The number of carboxylic acid groups (broad SMARTS) is 1. The molecule has 1 amide bonds. The fourth-order valence-corrected chi connectivity index (χ4v) is 4.98. The lowest BCUT2D eigenvalue weighted by atomic mass is 9.93. The molecule has 0 radical (unpaired) electrons. The fraction of sp³-hybridized carbons (Fsp3) is 0.161. The third-order valence-corrected chi connectivity index (χ3v) is 7.23. The highest BCUT2D eigenvalue weighted by molar-refractivity contribution is 6.32. The Morgan fingerprint density at radius 2 is 1.69 bits per heavy atom. The Hall–Kier alpha value is -4.00. The van der Waals surface area contributed by atoms with E-state index < -0.39 is 11.9 Å². The van der Waals surface area contributed by atoms with E-state index in [9.17, 15) is 14.7 Å². The summed E-state index contributed by atoms with van der Waals surface area (Å²) in [4.78, 5) is 24.2. The van der Waals surface area contributed by atoms with Crippen molar-refractivity contribution in [3.8, 4) is 28.4 Å². The first kappa shape index (κ1) is 26.6. The van der Waals surface area contributed by atoms with Gasteiger partial charge in [0.25, 0.3) is 5.91 Å². The number of aliphatic carboxylic acids is 1. The quantitative estimate of drug-likeness (QED) is 0.234. The van der Waals surface area contributed by atoms with E-state index in [1.54, 1.807) is 36.4 Å². The van der Waals surface area contributed by atoms with Gasteiger partial charge < -0.3 is 19.9 Å². The van der Waals surface area contributed by atoms with Gasteiger partial charge in [-0.05, 0) is 65.9 Å². The predicted octanol–water partition coefficient (Wildman–Crippen LogP) is 7.38. The van der Waals surface area contributed by atoms with Crippen LogP contribution in [0.15, 0.2) is 84.9 Å². The molecule has 1 aliphatic rings. The van der Waals surface area contributed by atoms with Gasteiger partial charge in [-0.1, -0.05) is 65.7 Å². The molecule has 1 heterocycles. The summed E-state index contributed by atoms with van der Waals surface area (Å²) in [5, 5.41) is 13.3. The van der Waals surface area contributed by atoms with Crippen LogP contribution in [0.25, 0.3) is 11.1 Å². The van der Waals surface area contributed by atoms with Crippen LogP contribution in [0.2, 0.25) is 10.0 Å². The Balaban J connectivity index is 1.18. The summed E-state index contributed by atoms with van der Waals surface area (Å²) in [5.74, 6) is -0.527. The van der Waals surface area contributed by atoms with Gasteiger partial charge in [0.15, 0.2) is 0 Å². The molecule has 0 fully saturated rings. The molecule has 0 saturated heterocycles. The van der Waals surface area contributed by atoms with Gasteiger partial charge in [-0.3, -0.25) is 9.59 Å². The first-order chi connectivity index (χ1) is 18.9. The van der Waals surface area contributed by atoms with Gasteiger partial charge in [-0.25, -0.2) is 0 Å². The van der Waals surface area contributed by atoms with Crippen LogP contribution in [0, 0.1) is 0 Å². The average Bonchev–Trinajstić information content (AvgIpc) is 2.94. The molecule has 1 atom stereocenters. The minimum atomic E-state index is -0.915. The lowest BCUT2D eigenvalue weighted by Gasteiger charge is -2.24. The molecule has 4 aromatic carbocycles. The Labute approximate surface area is 236 Å². The van der Waals surface area contributed by atoms with Crippen molar-refractivity contribution < 1.29 is 24.2 Å². The molecule has 2 N–H and O–H groups in total. The van der Waals surface area contributed by atoms with Gasteiger partial charge in [-0.2, -0.15) is 0 Å². The van der Waals surface area contributed by atoms with Crippen molar-refractivity contribution >= 4 is 35.1 Å².